The van der Waals surface area contributed by atoms with Crippen molar-refractivity contribution in [3.8, 4) is 6.07 Å². The lowest BCUT2D eigenvalue weighted by Crippen LogP contribution is -1.91. The van der Waals surface area contributed by atoms with Gasteiger partial charge in [-0.1, -0.05) is 0 Å². The molecule has 1 rings (SSSR count). The second kappa shape index (κ2) is 2.84. The fraction of sp³-hybridized carbons (Fsp3) is 0. The molecule has 0 aromatic carbocycles. The van der Waals surface area contributed by atoms with Crippen LogP contribution in [0.3, 0.4) is 0 Å². The third-order valence-corrected chi connectivity index (χ3v) is 1.84. The average molecular weight is 245 g/mol. The molecule has 3 nitrogen and oxygen atoms in total. The summed E-state index contributed by atoms with van der Waals surface area (Å²) in [6.45, 7) is 0. The number of nitrogens with two attached hydrogens (primary N) is 1. The van der Waals surface area contributed by atoms with Gasteiger partial charge in [-0.25, -0.2) is 4.98 Å². The lowest BCUT2D eigenvalue weighted by molar-refractivity contribution is 1.25. The molecule has 0 atom stereocenters. The highest BCUT2D eigenvalue weighted by Crippen LogP contribution is 2.10. The van der Waals surface area contributed by atoms with E-state index in [4.69, 9.17) is 11.0 Å². The minimum Gasteiger partial charge on any atom is -0.397 e. The molecule has 0 radical (unpaired) electrons. The average Bonchev–Trinajstić information content (AvgIpc) is 1.94. The van der Waals surface area contributed by atoms with Crippen molar-refractivity contribution in [3.63, 3.8) is 0 Å². The molecule has 0 aliphatic rings. The van der Waals surface area contributed by atoms with Crippen LogP contribution in [-0.2, 0) is 0 Å². The Morgan fingerprint density at radius 3 is 2.90 bits per heavy atom. The highest BCUT2D eigenvalue weighted by atomic mass is 127. The van der Waals surface area contributed by atoms with Gasteiger partial charge in [0.1, 0.15) is 9.77 Å². The van der Waals surface area contributed by atoms with Gasteiger partial charge in [-0.05, 0) is 28.7 Å². The summed E-state index contributed by atoms with van der Waals surface area (Å²) in [5, 5.41) is 8.49. The van der Waals surface area contributed by atoms with Crippen molar-refractivity contribution in [3.05, 3.63) is 21.5 Å². The predicted molar refractivity (Wildman–Crippen MR) is 46.1 cm³/mol. The smallest absolute Gasteiger partial charge is 0.119 e. The summed E-state index contributed by atoms with van der Waals surface area (Å²) in [7, 11) is 0. The molecule has 0 fully saturated rings. The second-order valence-electron chi connectivity index (χ2n) is 1.72. The number of aromatic nitrogens is 1. The van der Waals surface area contributed by atoms with Gasteiger partial charge >= 0.3 is 0 Å². The summed E-state index contributed by atoms with van der Waals surface area (Å²) in [6.07, 6.45) is 1.53. The van der Waals surface area contributed by atoms with E-state index in [1.807, 2.05) is 28.7 Å². The maximum atomic E-state index is 8.49. The largest absolute Gasteiger partial charge is 0.397 e. The number of pyridine rings is 1. The van der Waals surface area contributed by atoms with Gasteiger partial charge < -0.3 is 5.73 Å². The zero-order chi connectivity index (χ0) is 7.56. The van der Waals surface area contributed by atoms with E-state index in [1.165, 1.54) is 6.20 Å². The van der Waals surface area contributed by atoms with Crippen LogP contribution in [0.4, 0.5) is 5.69 Å². The monoisotopic (exact) mass is 245 g/mol. The molecule has 1 aromatic rings. The summed E-state index contributed by atoms with van der Waals surface area (Å²) in [5.74, 6) is 0. The first-order valence-electron chi connectivity index (χ1n) is 2.55. The Balaban J connectivity index is 3.25. The zero-order valence-electron chi connectivity index (χ0n) is 5.00. The maximum absolute atomic E-state index is 8.49. The topological polar surface area (TPSA) is 62.7 Å². The molecule has 1 heterocycles. The Morgan fingerprint density at radius 2 is 2.40 bits per heavy atom. The van der Waals surface area contributed by atoms with Gasteiger partial charge in [-0.3, -0.25) is 0 Å². The quantitative estimate of drug-likeness (QED) is 0.550. The van der Waals surface area contributed by atoms with Gasteiger partial charge in [-0.2, -0.15) is 5.26 Å². The maximum Gasteiger partial charge on any atom is 0.119 e. The third-order valence-electron chi connectivity index (χ3n) is 0.981. The van der Waals surface area contributed by atoms with E-state index >= 15 is 0 Å². The fourth-order valence-corrected chi connectivity index (χ4v) is 0.958. The molecule has 0 saturated heterocycles. The van der Waals surface area contributed by atoms with Gasteiger partial charge in [-0.15, -0.1) is 0 Å². The lowest BCUT2D eigenvalue weighted by atomic mass is 10.3. The fourth-order valence-electron chi connectivity index (χ4n) is 0.543. The van der Waals surface area contributed by atoms with Crippen LogP contribution in [0.1, 0.15) is 5.56 Å². The highest BCUT2D eigenvalue weighted by molar-refractivity contribution is 14.1. The van der Waals surface area contributed by atoms with E-state index in [0.29, 0.717) is 15.0 Å². The minimum absolute atomic E-state index is 0.525. The highest BCUT2D eigenvalue weighted by Gasteiger charge is 1.97. The summed E-state index contributed by atoms with van der Waals surface area (Å²) >= 11 is 1.99. The summed E-state index contributed by atoms with van der Waals surface area (Å²) in [4.78, 5) is 3.89. The molecule has 0 aliphatic carbocycles. The van der Waals surface area contributed by atoms with Crippen LogP contribution in [0.2, 0.25) is 0 Å². The van der Waals surface area contributed by atoms with Gasteiger partial charge in [0.2, 0.25) is 0 Å². The Labute approximate surface area is 72.0 Å². The number of hydrogen-bond acceptors (Lipinski definition) is 3. The predicted octanol–water partition coefficient (Wildman–Crippen LogP) is 1.14. The summed E-state index contributed by atoms with van der Waals surface area (Å²) < 4.78 is 0.689. The molecule has 4 heteroatoms. The van der Waals surface area contributed by atoms with Crippen molar-refractivity contribution in [2.24, 2.45) is 0 Å². The van der Waals surface area contributed by atoms with Gasteiger partial charge in [0.15, 0.2) is 0 Å². The standard InChI is InChI=1S/C6H4IN3/c7-6-4(2-8)1-5(9)3-10-6/h1,3H,9H2. The first-order valence-corrected chi connectivity index (χ1v) is 3.63. The Morgan fingerprint density at radius 1 is 1.70 bits per heavy atom. The third kappa shape index (κ3) is 1.36. The molecule has 1 aromatic heterocycles. The number of rotatable bonds is 0. The van der Waals surface area contributed by atoms with Crippen molar-refractivity contribution in [1.29, 1.82) is 5.26 Å². The molecule has 0 amide bonds. The second-order valence-corrected chi connectivity index (χ2v) is 2.74. The van der Waals surface area contributed by atoms with Crippen LogP contribution < -0.4 is 5.73 Å². The van der Waals surface area contributed by atoms with Crippen LogP contribution in [0.5, 0.6) is 0 Å². The first kappa shape index (κ1) is 7.28. The van der Waals surface area contributed by atoms with E-state index < -0.39 is 0 Å². The van der Waals surface area contributed by atoms with Gasteiger partial charge in [0.25, 0.3) is 0 Å². The normalized spacial score (nSPS) is 8.80. The number of hydrogen-bond donors (Lipinski definition) is 1. The molecule has 10 heavy (non-hydrogen) atoms. The lowest BCUT2D eigenvalue weighted by Gasteiger charge is -1.93. The molecule has 2 N–H and O–H groups in total. The Bertz CT molecular complexity index is 290. The summed E-state index contributed by atoms with van der Waals surface area (Å²) in [5.41, 5.74) is 6.44. The Hall–Kier alpha value is -0.830. The molecule has 0 bridgehead atoms. The number of nitriles is 1. The van der Waals surface area contributed by atoms with E-state index in [0.717, 1.165) is 0 Å². The van der Waals surface area contributed by atoms with E-state index in [1.54, 1.807) is 6.07 Å². The molecular weight excluding hydrogens is 241 g/mol. The molecule has 0 unspecified atom stereocenters. The number of nitrogen functional groups attached to an aromatic ring is 1. The van der Waals surface area contributed by atoms with Crippen LogP contribution in [-0.4, -0.2) is 4.98 Å². The van der Waals surface area contributed by atoms with Crippen molar-refractivity contribution in [2.45, 2.75) is 0 Å². The SMILES string of the molecule is N#Cc1cc(N)cnc1I. The van der Waals surface area contributed by atoms with Crippen LogP contribution in [0, 0.1) is 15.0 Å². The van der Waals surface area contributed by atoms with Crippen molar-refractivity contribution >= 4 is 28.3 Å². The van der Waals surface area contributed by atoms with E-state index in [9.17, 15) is 0 Å². The van der Waals surface area contributed by atoms with E-state index in [-0.39, 0.29) is 0 Å². The van der Waals surface area contributed by atoms with Crippen molar-refractivity contribution < 1.29 is 0 Å². The Kier molecular flexibility index (Phi) is 2.06. The molecule has 0 saturated carbocycles. The van der Waals surface area contributed by atoms with Gasteiger partial charge in [0, 0.05) is 0 Å². The summed E-state index contributed by atoms with van der Waals surface area (Å²) in [6, 6.07) is 3.59. The first-order chi connectivity index (χ1) is 4.74. The molecule has 0 spiro atoms. The van der Waals surface area contributed by atoms with Gasteiger partial charge in [0.05, 0.1) is 17.4 Å². The molecule has 50 valence electrons. The zero-order valence-corrected chi connectivity index (χ0v) is 7.16. The van der Waals surface area contributed by atoms with Crippen molar-refractivity contribution in [2.75, 3.05) is 5.73 Å². The number of halogens is 1. The molecule has 0 aliphatic heterocycles. The van der Waals surface area contributed by atoms with Crippen molar-refractivity contribution in [1.82, 2.24) is 4.98 Å². The van der Waals surface area contributed by atoms with Crippen LogP contribution in [0.25, 0.3) is 0 Å². The number of anilines is 1. The van der Waals surface area contributed by atoms with E-state index in [2.05, 4.69) is 4.98 Å². The minimum atomic E-state index is 0.525. The number of nitrogens with zero attached hydrogens (tertiary/aromatic N) is 2. The van der Waals surface area contributed by atoms with Crippen LogP contribution >= 0.6 is 22.6 Å². The van der Waals surface area contributed by atoms with Crippen LogP contribution in [0.15, 0.2) is 12.3 Å². The molecular formula is C6H4IN3.